The molecule has 0 atom stereocenters. The fourth-order valence-electron chi connectivity index (χ4n) is 1.65. The Hall–Kier alpha value is -1.72. The first kappa shape index (κ1) is 14.7. The molecule has 2 aromatic rings. The van der Waals surface area contributed by atoms with Crippen LogP contribution < -0.4 is 10.6 Å². The van der Waals surface area contributed by atoms with E-state index in [0.717, 1.165) is 6.42 Å². The first-order valence-electron chi connectivity index (χ1n) is 6.12. The molecule has 0 aliphatic carbocycles. The van der Waals surface area contributed by atoms with E-state index < -0.39 is 0 Å². The zero-order valence-electron chi connectivity index (χ0n) is 10.6. The molecule has 2 N–H and O–H groups in total. The fourth-order valence-corrected chi connectivity index (χ4v) is 1.99. The summed E-state index contributed by atoms with van der Waals surface area (Å²) in [7, 11) is 0. The summed E-state index contributed by atoms with van der Waals surface area (Å²) in [6.45, 7) is 1.24. The van der Waals surface area contributed by atoms with Gasteiger partial charge in [0.05, 0.1) is 11.2 Å². The van der Waals surface area contributed by atoms with Gasteiger partial charge in [0, 0.05) is 30.0 Å². The standard InChI is InChI=1S/C13H14Cl2N4O/c14-10-3-1-4-12(7-10)18-13(20)16-5-2-6-19-9-11(15)8-17-19/h1,3-4,7-9H,2,5-6H2,(H2,16,18,20). The van der Waals surface area contributed by atoms with Crippen LogP contribution in [0.1, 0.15) is 6.42 Å². The van der Waals surface area contributed by atoms with Crippen LogP contribution in [0.5, 0.6) is 0 Å². The summed E-state index contributed by atoms with van der Waals surface area (Å²) in [5, 5.41) is 10.7. The summed E-state index contributed by atoms with van der Waals surface area (Å²) in [4.78, 5) is 11.6. The number of aromatic nitrogens is 2. The van der Waals surface area contributed by atoms with E-state index in [1.165, 1.54) is 0 Å². The van der Waals surface area contributed by atoms with Crippen LogP contribution in [-0.4, -0.2) is 22.4 Å². The molecule has 0 aliphatic rings. The smallest absolute Gasteiger partial charge is 0.319 e. The van der Waals surface area contributed by atoms with Crippen molar-refractivity contribution in [1.82, 2.24) is 15.1 Å². The molecule has 0 unspecified atom stereocenters. The highest BCUT2D eigenvalue weighted by Crippen LogP contribution is 2.14. The fraction of sp³-hybridized carbons (Fsp3) is 0.231. The van der Waals surface area contributed by atoms with Gasteiger partial charge in [-0.05, 0) is 24.6 Å². The van der Waals surface area contributed by atoms with Crippen molar-refractivity contribution in [2.45, 2.75) is 13.0 Å². The van der Waals surface area contributed by atoms with E-state index in [9.17, 15) is 4.79 Å². The van der Waals surface area contributed by atoms with Crippen LogP contribution >= 0.6 is 23.2 Å². The molecule has 106 valence electrons. The molecule has 0 bridgehead atoms. The molecule has 2 rings (SSSR count). The number of aryl methyl sites for hydroxylation is 1. The lowest BCUT2D eigenvalue weighted by atomic mass is 10.3. The van der Waals surface area contributed by atoms with Gasteiger partial charge in [0.15, 0.2) is 0 Å². The average Bonchev–Trinajstić information content (AvgIpc) is 2.80. The van der Waals surface area contributed by atoms with E-state index in [0.29, 0.717) is 28.8 Å². The average molecular weight is 313 g/mol. The molecule has 0 saturated carbocycles. The number of halogens is 2. The monoisotopic (exact) mass is 312 g/mol. The van der Waals surface area contributed by atoms with Crippen molar-refractivity contribution >= 4 is 34.9 Å². The van der Waals surface area contributed by atoms with Gasteiger partial charge in [-0.2, -0.15) is 5.10 Å². The Morgan fingerprint density at radius 1 is 1.30 bits per heavy atom. The SMILES string of the molecule is O=C(NCCCn1cc(Cl)cn1)Nc1cccc(Cl)c1. The van der Waals surface area contributed by atoms with Crippen LogP contribution in [-0.2, 0) is 6.54 Å². The molecule has 2 amide bonds. The van der Waals surface area contributed by atoms with Crippen molar-refractivity contribution in [2.24, 2.45) is 0 Å². The molecule has 1 aromatic carbocycles. The van der Waals surface area contributed by atoms with E-state index in [-0.39, 0.29) is 6.03 Å². The summed E-state index contributed by atoms with van der Waals surface area (Å²) in [5.41, 5.74) is 0.661. The Balaban J connectivity index is 1.67. The topological polar surface area (TPSA) is 59.0 Å². The van der Waals surface area contributed by atoms with Crippen molar-refractivity contribution < 1.29 is 4.79 Å². The minimum Gasteiger partial charge on any atom is -0.338 e. The number of nitrogens with one attached hydrogen (secondary N) is 2. The first-order valence-corrected chi connectivity index (χ1v) is 6.87. The van der Waals surface area contributed by atoms with E-state index in [1.807, 2.05) is 0 Å². The van der Waals surface area contributed by atoms with Crippen molar-refractivity contribution in [1.29, 1.82) is 0 Å². The molecule has 0 aliphatic heterocycles. The number of anilines is 1. The Kier molecular flexibility index (Phi) is 5.26. The number of amides is 2. The lowest BCUT2D eigenvalue weighted by Gasteiger charge is -2.07. The lowest BCUT2D eigenvalue weighted by molar-refractivity contribution is 0.251. The number of nitrogens with zero attached hydrogens (tertiary/aromatic N) is 2. The number of benzene rings is 1. The van der Waals surface area contributed by atoms with Crippen LogP contribution in [0.25, 0.3) is 0 Å². The molecule has 0 fully saturated rings. The summed E-state index contributed by atoms with van der Waals surface area (Å²) >= 11 is 11.6. The van der Waals surface area contributed by atoms with E-state index >= 15 is 0 Å². The highest BCUT2D eigenvalue weighted by Gasteiger charge is 2.01. The van der Waals surface area contributed by atoms with Crippen molar-refractivity contribution in [3.8, 4) is 0 Å². The molecule has 20 heavy (non-hydrogen) atoms. The third-order valence-electron chi connectivity index (χ3n) is 2.53. The Bertz CT molecular complexity index is 585. The Morgan fingerprint density at radius 2 is 2.15 bits per heavy atom. The van der Waals surface area contributed by atoms with Gasteiger partial charge in [0.25, 0.3) is 0 Å². The molecule has 1 aromatic heterocycles. The number of carbonyl (C=O) groups is 1. The normalized spacial score (nSPS) is 10.3. The number of rotatable bonds is 5. The third kappa shape index (κ3) is 4.75. The maximum Gasteiger partial charge on any atom is 0.319 e. The van der Waals surface area contributed by atoms with Crippen LogP contribution in [0.2, 0.25) is 10.0 Å². The number of urea groups is 1. The maximum atomic E-state index is 11.6. The molecule has 7 heteroatoms. The zero-order chi connectivity index (χ0) is 14.4. The molecule has 0 radical (unpaired) electrons. The van der Waals surface area contributed by atoms with Crippen molar-refractivity contribution in [3.63, 3.8) is 0 Å². The van der Waals surface area contributed by atoms with Gasteiger partial charge in [-0.25, -0.2) is 4.79 Å². The van der Waals surface area contributed by atoms with Gasteiger partial charge in [0.1, 0.15) is 0 Å². The maximum absolute atomic E-state index is 11.6. The second-order valence-corrected chi connectivity index (χ2v) is 5.04. The third-order valence-corrected chi connectivity index (χ3v) is 2.96. The number of hydrogen-bond donors (Lipinski definition) is 2. The van der Waals surface area contributed by atoms with Crippen LogP contribution in [0, 0.1) is 0 Å². The second-order valence-electron chi connectivity index (χ2n) is 4.17. The predicted molar refractivity (Wildman–Crippen MR) is 80.3 cm³/mol. The van der Waals surface area contributed by atoms with Gasteiger partial charge in [-0.15, -0.1) is 0 Å². The van der Waals surface area contributed by atoms with Crippen molar-refractivity contribution in [2.75, 3.05) is 11.9 Å². The molecule has 1 heterocycles. The van der Waals surface area contributed by atoms with Gasteiger partial charge in [-0.3, -0.25) is 4.68 Å². The first-order chi connectivity index (χ1) is 9.63. The van der Waals surface area contributed by atoms with E-state index in [2.05, 4.69) is 15.7 Å². The summed E-state index contributed by atoms with van der Waals surface area (Å²) in [6, 6.07) is 6.73. The van der Waals surface area contributed by atoms with Crippen molar-refractivity contribution in [3.05, 3.63) is 46.7 Å². The Morgan fingerprint density at radius 3 is 2.85 bits per heavy atom. The van der Waals surface area contributed by atoms with Crippen LogP contribution in [0.15, 0.2) is 36.7 Å². The van der Waals surface area contributed by atoms with Gasteiger partial charge in [0.2, 0.25) is 0 Å². The zero-order valence-corrected chi connectivity index (χ0v) is 12.2. The number of hydrogen-bond acceptors (Lipinski definition) is 2. The van der Waals surface area contributed by atoms with Gasteiger partial charge >= 0.3 is 6.03 Å². The van der Waals surface area contributed by atoms with Gasteiger partial charge < -0.3 is 10.6 Å². The molecule has 5 nitrogen and oxygen atoms in total. The van der Waals surface area contributed by atoms with Crippen LogP contribution in [0.3, 0.4) is 0 Å². The lowest BCUT2D eigenvalue weighted by Crippen LogP contribution is -2.30. The molecular weight excluding hydrogens is 299 g/mol. The quantitative estimate of drug-likeness (QED) is 0.831. The summed E-state index contributed by atoms with van der Waals surface area (Å²) < 4.78 is 1.74. The largest absolute Gasteiger partial charge is 0.338 e. The molecule has 0 saturated heterocycles. The Labute approximate surface area is 126 Å². The molecular formula is C13H14Cl2N4O. The predicted octanol–water partition coefficient (Wildman–Crippen LogP) is 3.40. The number of carbonyl (C=O) groups excluding carboxylic acids is 1. The van der Waals surface area contributed by atoms with E-state index in [1.54, 1.807) is 41.3 Å². The summed E-state index contributed by atoms with van der Waals surface area (Å²) in [5.74, 6) is 0. The minimum atomic E-state index is -0.259. The minimum absolute atomic E-state index is 0.259. The second kappa shape index (κ2) is 7.17. The van der Waals surface area contributed by atoms with Gasteiger partial charge in [-0.1, -0.05) is 29.3 Å². The van der Waals surface area contributed by atoms with E-state index in [4.69, 9.17) is 23.2 Å². The highest BCUT2D eigenvalue weighted by atomic mass is 35.5. The van der Waals surface area contributed by atoms with Crippen LogP contribution in [0.4, 0.5) is 10.5 Å². The highest BCUT2D eigenvalue weighted by molar-refractivity contribution is 6.31. The molecule has 0 spiro atoms. The summed E-state index contributed by atoms with van der Waals surface area (Å²) in [6.07, 6.45) is 4.09.